The second-order valence-electron chi connectivity index (χ2n) is 6.95. The number of urea groups is 1. The van der Waals surface area contributed by atoms with Crippen LogP contribution in [0.3, 0.4) is 0 Å². The topological polar surface area (TPSA) is 93.4 Å². The second kappa shape index (κ2) is 7.40. The summed E-state index contributed by atoms with van der Waals surface area (Å²) in [4.78, 5) is 20.0. The monoisotopic (exact) mass is 440 g/mol. The van der Waals surface area contributed by atoms with E-state index in [9.17, 15) is 18.0 Å². The van der Waals surface area contributed by atoms with Gasteiger partial charge in [0.15, 0.2) is 10.8 Å². The molecule has 1 aliphatic rings. The molecule has 1 unspecified atom stereocenters. The standard InChI is InChI=1S/C18H16ClF3N6O2/c1-17(4-2-6-30-17)15-11(9-24-14-8-13(19)27-28(14)15)26-16(29)25-10-3-5-23-12(7-10)18(20,21)22/h3,5,7-9H,2,4,6H2,1H3,(H2,23,25,26,29). The molecule has 1 fully saturated rings. The van der Waals surface area contributed by atoms with E-state index < -0.39 is 23.5 Å². The van der Waals surface area contributed by atoms with Gasteiger partial charge in [0.25, 0.3) is 0 Å². The first-order chi connectivity index (χ1) is 14.2. The number of carbonyl (C=O) groups is 1. The van der Waals surface area contributed by atoms with Gasteiger partial charge in [-0.2, -0.15) is 18.3 Å². The van der Waals surface area contributed by atoms with E-state index in [-0.39, 0.29) is 10.8 Å². The number of nitrogens with one attached hydrogen (secondary N) is 2. The third-order valence-electron chi connectivity index (χ3n) is 4.73. The number of fused-ring (bicyclic) bond motifs is 1. The smallest absolute Gasteiger partial charge is 0.369 e. The summed E-state index contributed by atoms with van der Waals surface area (Å²) in [5.74, 6) is 0. The fraction of sp³-hybridized carbons (Fsp3) is 0.333. The zero-order chi connectivity index (χ0) is 21.5. The van der Waals surface area contributed by atoms with Gasteiger partial charge in [0.2, 0.25) is 0 Å². The van der Waals surface area contributed by atoms with Gasteiger partial charge in [0, 0.05) is 24.6 Å². The van der Waals surface area contributed by atoms with Gasteiger partial charge < -0.3 is 15.4 Å². The van der Waals surface area contributed by atoms with Crippen molar-refractivity contribution in [2.45, 2.75) is 31.5 Å². The van der Waals surface area contributed by atoms with Crippen LogP contribution in [0.2, 0.25) is 5.15 Å². The Balaban J connectivity index is 1.65. The highest BCUT2D eigenvalue weighted by Gasteiger charge is 2.37. The molecule has 30 heavy (non-hydrogen) atoms. The number of hydrogen-bond donors (Lipinski definition) is 2. The average Bonchev–Trinajstić information content (AvgIpc) is 3.26. The zero-order valence-corrected chi connectivity index (χ0v) is 16.4. The first-order valence-corrected chi connectivity index (χ1v) is 9.33. The van der Waals surface area contributed by atoms with E-state index in [1.807, 2.05) is 6.92 Å². The maximum atomic E-state index is 12.8. The molecule has 158 valence electrons. The number of anilines is 2. The average molecular weight is 441 g/mol. The number of pyridine rings is 1. The maximum Gasteiger partial charge on any atom is 0.433 e. The Morgan fingerprint density at radius 3 is 2.80 bits per heavy atom. The number of alkyl halides is 3. The Bertz CT molecular complexity index is 1110. The van der Waals surface area contributed by atoms with Crippen LogP contribution in [0.1, 0.15) is 31.2 Å². The van der Waals surface area contributed by atoms with Crippen LogP contribution in [-0.4, -0.2) is 32.2 Å². The molecule has 0 bridgehead atoms. The van der Waals surface area contributed by atoms with E-state index in [2.05, 4.69) is 25.7 Å². The molecule has 0 aliphatic carbocycles. The number of ether oxygens (including phenoxy) is 1. The maximum absolute atomic E-state index is 12.8. The molecule has 4 rings (SSSR count). The zero-order valence-electron chi connectivity index (χ0n) is 15.6. The Hall–Kier alpha value is -2.92. The van der Waals surface area contributed by atoms with E-state index in [1.165, 1.54) is 16.8 Å². The third-order valence-corrected chi connectivity index (χ3v) is 4.91. The first-order valence-electron chi connectivity index (χ1n) is 8.96. The van der Waals surface area contributed by atoms with Crippen LogP contribution >= 0.6 is 11.6 Å². The summed E-state index contributed by atoms with van der Waals surface area (Å²) in [5.41, 5.74) is -0.606. The van der Waals surface area contributed by atoms with Crippen molar-refractivity contribution in [1.29, 1.82) is 0 Å². The van der Waals surface area contributed by atoms with Crippen molar-refractivity contribution in [2.75, 3.05) is 17.2 Å². The van der Waals surface area contributed by atoms with E-state index in [0.717, 1.165) is 18.7 Å². The van der Waals surface area contributed by atoms with E-state index in [0.29, 0.717) is 30.1 Å². The lowest BCUT2D eigenvalue weighted by Gasteiger charge is -2.26. The predicted molar refractivity (Wildman–Crippen MR) is 102 cm³/mol. The molecule has 3 aromatic rings. The SMILES string of the molecule is CC1(c2c(NC(=O)Nc3ccnc(C(F)(F)F)c3)cnc3cc(Cl)nn23)CCCO1. The Kier molecular flexibility index (Phi) is 5.02. The summed E-state index contributed by atoms with van der Waals surface area (Å²) < 4.78 is 45.9. The summed E-state index contributed by atoms with van der Waals surface area (Å²) in [7, 11) is 0. The molecule has 0 spiro atoms. The van der Waals surface area contributed by atoms with Gasteiger partial charge >= 0.3 is 12.2 Å². The summed E-state index contributed by atoms with van der Waals surface area (Å²) in [6.07, 6.45) is -0.721. The minimum absolute atomic E-state index is 0.0594. The van der Waals surface area contributed by atoms with Crippen LogP contribution in [0, 0.1) is 0 Å². The van der Waals surface area contributed by atoms with Crippen molar-refractivity contribution >= 4 is 34.7 Å². The minimum Gasteiger partial charge on any atom is -0.369 e. The number of rotatable bonds is 3. The molecule has 12 heteroatoms. The van der Waals surface area contributed by atoms with Gasteiger partial charge in [-0.3, -0.25) is 4.98 Å². The highest BCUT2D eigenvalue weighted by atomic mass is 35.5. The molecule has 1 saturated heterocycles. The summed E-state index contributed by atoms with van der Waals surface area (Å²) in [6, 6.07) is 2.82. The minimum atomic E-state index is -4.62. The number of halogens is 4. The van der Waals surface area contributed by atoms with Crippen molar-refractivity contribution in [3.05, 3.63) is 47.1 Å². The summed E-state index contributed by atoms with van der Waals surface area (Å²) in [5, 5.41) is 9.45. The molecule has 0 radical (unpaired) electrons. The van der Waals surface area contributed by atoms with Crippen LogP contribution in [-0.2, 0) is 16.5 Å². The van der Waals surface area contributed by atoms with Gasteiger partial charge in [0.05, 0.1) is 11.9 Å². The van der Waals surface area contributed by atoms with Crippen LogP contribution in [0.4, 0.5) is 29.3 Å². The number of carbonyl (C=O) groups excluding carboxylic acids is 1. The molecule has 2 N–H and O–H groups in total. The van der Waals surface area contributed by atoms with E-state index in [4.69, 9.17) is 16.3 Å². The molecule has 1 aliphatic heterocycles. The predicted octanol–water partition coefficient (Wildman–Crippen LogP) is 4.47. The van der Waals surface area contributed by atoms with Gasteiger partial charge in [-0.15, -0.1) is 0 Å². The van der Waals surface area contributed by atoms with E-state index in [1.54, 1.807) is 6.07 Å². The van der Waals surface area contributed by atoms with Crippen LogP contribution in [0.25, 0.3) is 5.65 Å². The molecule has 0 aromatic carbocycles. The van der Waals surface area contributed by atoms with Crippen molar-refractivity contribution < 1.29 is 22.7 Å². The molecule has 1 atom stereocenters. The molecule has 8 nitrogen and oxygen atoms in total. The highest BCUT2D eigenvalue weighted by molar-refractivity contribution is 6.29. The summed E-state index contributed by atoms with van der Waals surface area (Å²) >= 11 is 6.01. The largest absolute Gasteiger partial charge is 0.433 e. The molecule has 3 aromatic heterocycles. The lowest BCUT2D eigenvalue weighted by molar-refractivity contribution is -0.141. The molecule has 2 amide bonds. The number of hydrogen-bond acceptors (Lipinski definition) is 5. The molecule has 4 heterocycles. The first kappa shape index (κ1) is 20.4. The van der Waals surface area contributed by atoms with Crippen molar-refractivity contribution in [1.82, 2.24) is 19.6 Å². The number of aromatic nitrogens is 4. The number of amides is 2. The van der Waals surface area contributed by atoms with Gasteiger partial charge in [0.1, 0.15) is 17.0 Å². The number of nitrogens with zero attached hydrogens (tertiary/aromatic N) is 4. The van der Waals surface area contributed by atoms with Crippen LogP contribution < -0.4 is 10.6 Å². The Morgan fingerprint density at radius 1 is 1.30 bits per heavy atom. The highest BCUT2D eigenvalue weighted by Crippen LogP contribution is 2.39. The third kappa shape index (κ3) is 3.90. The van der Waals surface area contributed by atoms with Crippen molar-refractivity contribution in [2.24, 2.45) is 0 Å². The van der Waals surface area contributed by atoms with Gasteiger partial charge in [-0.25, -0.2) is 14.3 Å². The Morgan fingerprint density at radius 2 is 2.10 bits per heavy atom. The normalized spacial score (nSPS) is 19.2. The summed E-state index contributed by atoms with van der Waals surface area (Å²) in [6.45, 7) is 2.41. The molecule has 0 saturated carbocycles. The molecular weight excluding hydrogens is 425 g/mol. The molecular formula is C18H16ClF3N6O2. The fourth-order valence-electron chi connectivity index (χ4n) is 3.42. The van der Waals surface area contributed by atoms with Crippen LogP contribution in [0.15, 0.2) is 30.6 Å². The van der Waals surface area contributed by atoms with Gasteiger partial charge in [-0.05, 0) is 31.9 Å². The lowest BCUT2D eigenvalue weighted by atomic mass is 9.97. The van der Waals surface area contributed by atoms with Crippen molar-refractivity contribution in [3.8, 4) is 0 Å². The van der Waals surface area contributed by atoms with Crippen LogP contribution in [0.5, 0.6) is 0 Å². The van der Waals surface area contributed by atoms with Crippen molar-refractivity contribution in [3.63, 3.8) is 0 Å². The fourth-order valence-corrected chi connectivity index (χ4v) is 3.59. The lowest BCUT2D eigenvalue weighted by Crippen LogP contribution is -2.29. The second-order valence-corrected chi connectivity index (χ2v) is 7.33. The van der Waals surface area contributed by atoms with E-state index >= 15 is 0 Å². The quantitative estimate of drug-likeness (QED) is 0.627. The Labute approximate surface area is 173 Å². The van der Waals surface area contributed by atoms with Gasteiger partial charge in [-0.1, -0.05) is 11.6 Å².